The molecule has 1 aromatic carbocycles. The Kier molecular flexibility index (Phi) is 6.53. The molecule has 1 heterocycles. The second-order valence-corrected chi connectivity index (χ2v) is 7.66. The monoisotopic (exact) mass is 356 g/mol. The smallest absolute Gasteiger partial charge is 0.225 e. The third-order valence-electron chi connectivity index (χ3n) is 5.56. The Morgan fingerprint density at radius 1 is 1.23 bits per heavy atom. The minimum Gasteiger partial charge on any atom is -0.352 e. The number of benzene rings is 1. The Morgan fingerprint density at radius 2 is 2.04 bits per heavy atom. The average molecular weight is 357 g/mol. The molecule has 1 saturated heterocycles. The summed E-state index contributed by atoms with van der Waals surface area (Å²) in [5, 5.41) is 6.87. The minimum atomic E-state index is 0.265. The molecule has 1 amide bonds. The molecule has 1 aliphatic heterocycles. The average Bonchev–Trinajstić information content (AvgIpc) is 3.14. The molecular weight excluding hydrogens is 324 g/mol. The first-order valence-electron chi connectivity index (χ1n) is 9.97. The van der Waals surface area contributed by atoms with Gasteiger partial charge in [-0.2, -0.15) is 0 Å². The van der Waals surface area contributed by atoms with E-state index in [1.54, 1.807) is 7.05 Å². The lowest BCUT2D eigenvalue weighted by Gasteiger charge is -2.26. The highest BCUT2D eigenvalue weighted by atomic mass is 16.2. The molecule has 3 rings (SSSR count). The van der Waals surface area contributed by atoms with Crippen LogP contribution in [0.25, 0.3) is 0 Å². The Morgan fingerprint density at radius 3 is 2.77 bits per heavy atom. The second kappa shape index (κ2) is 9.06. The van der Waals surface area contributed by atoms with E-state index < -0.39 is 0 Å². The summed E-state index contributed by atoms with van der Waals surface area (Å²) in [5.74, 6) is 1.45. The summed E-state index contributed by atoms with van der Waals surface area (Å²) < 4.78 is 0. The zero-order chi connectivity index (χ0) is 18.4. The van der Waals surface area contributed by atoms with Gasteiger partial charge < -0.3 is 15.5 Å². The SMILES string of the molecule is CN=C(NCc1cccc(C)c1)NC1CCN(C(=O)C2CCCCC2)C1. The summed E-state index contributed by atoms with van der Waals surface area (Å²) in [4.78, 5) is 19.1. The Balaban J connectivity index is 1.46. The highest BCUT2D eigenvalue weighted by Crippen LogP contribution is 2.26. The van der Waals surface area contributed by atoms with Crippen molar-refractivity contribution in [2.45, 2.75) is 58.0 Å². The first-order valence-corrected chi connectivity index (χ1v) is 9.97. The summed E-state index contributed by atoms with van der Waals surface area (Å²) in [6, 6.07) is 8.76. The molecule has 1 aromatic rings. The fraction of sp³-hybridized carbons (Fsp3) is 0.619. The van der Waals surface area contributed by atoms with E-state index in [1.807, 2.05) is 0 Å². The molecular formula is C21H32N4O. The second-order valence-electron chi connectivity index (χ2n) is 7.66. The van der Waals surface area contributed by atoms with Gasteiger partial charge in [-0.1, -0.05) is 49.1 Å². The zero-order valence-corrected chi connectivity index (χ0v) is 16.1. The largest absolute Gasteiger partial charge is 0.352 e. The number of likely N-dealkylation sites (tertiary alicyclic amines) is 1. The number of aliphatic imine (C=N–C) groups is 1. The van der Waals surface area contributed by atoms with Crippen LogP contribution in [-0.2, 0) is 11.3 Å². The van der Waals surface area contributed by atoms with Crippen molar-refractivity contribution in [3.8, 4) is 0 Å². The van der Waals surface area contributed by atoms with E-state index in [0.29, 0.717) is 5.91 Å². The number of aryl methyl sites for hydroxylation is 1. The Hall–Kier alpha value is -2.04. The summed E-state index contributed by atoms with van der Waals surface area (Å²) >= 11 is 0. The van der Waals surface area contributed by atoms with Crippen LogP contribution in [0.15, 0.2) is 29.3 Å². The molecule has 0 bridgehead atoms. The molecule has 2 aliphatic rings. The maximum absolute atomic E-state index is 12.7. The van der Waals surface area contributed by atoms with Gasteiger partial charge in [-0.25, -0.2) is 0 Å². The van der Waals surface area contributed by atoms with Gasteiger partial charge in [-0.3, -0.25) is 9.79 Å². The standard InChI is InChI=1S/C21H32N4O/c1-16-7-6-8-17(13-16)14-23-21(22-2)24-19-11-12-25(15-19)20(26)18-9-4-3-5-10-18/h6-8,13,18-19H,3-5,9-12,14-15H2,1-2H3,(H2,22,23,24). The number of hydrogen-bond acceptors (Lipinski definition) is 2. The van der Waals surface area contributed by atoms with Gasteiger partial charge in [0.05, 0.1) is 0 Å². The van der Waals surface area contributed by atoms with Crippen LogP contribution in [0, 0.1) is 12.8 Å². The van der Waals surface area contributed by atoms with Crippen molar-refractivity contribution in [1.29, 1.82) is 0 Å². The van der Waals surface area contributed by atoms with E-state index >= 15 is 0 Å². The van der Waals surface area contributed by atoms with Crippen LogP contribution >= 0.6 is 0 Å². The molecule has 1 unspecified atom stereocenters. The fourth-order valence-electron chi connectivity index (χ4n) is 4.08. The van der Waals surface area contributed by atoms with E-state index in [9.17, 15) is 4.79 Å². The Labute approximate surface area is 157 Å². The summed E-state index contributed by atoms with van der Waals surface area (Å²) in [5.41, 5.74) is 2.51. The number of rotatable bonds is 4. The zero-order valence-electron chi connectivity index (χ0n) is 16.1. The molecule has 142 valence electrons. The molecule has 0 radical (unpaired) electrons. The molecule has 1 atom stereocenters. The van der Waals surface area contributed by atoms with E-state index in [1.165, 1.54) is 30.4 Å². The van der Waals surface area contributed by atoms with Crippen LogP contribution in [0.1, 0.15) is 49.7 Å². The number of carbonyl (C=O) groups is 1. The first kappa shape index (κ1) is 18.7. The quantitative estimate of drug-likeness (QED) is 0.644. The number of hydrogen-bond donors (Lipinski definition) is 2. The Bertz CT molecular complexity index is 637. The number of nitrogens with zero attached hydrogens (tertiary/aromatic N) is 2. The fourth-order valence-corrected chi connectivity index (χ4v) is 4.08. The molecule has 2 fully saturated rings. The molecule has 1 aliphatic carbocycles. The van der Waals surface area contributed by atoms with Crippen molar-refractivity contribution in [2.24, 2.45) is 10.9 Å². The maximum atomic E-state index is 12.7. The molecule has 5 nitrogen and oxygen atoms in total. The van der Waals surface area contributed by atoms with Gasteiger partial charge in [0.15, 0.2) is 5.96 Å². The minimum absolute atomic E-state index is 0.265. The topological polar surface area (TPSA) is 56.7 Å². The van der Waals surface area contributed by atoms with Gasteiger partial charge in [0.25, 0.3) is 0 Å². The number of amides is 1. The van der Waals surface area contributed by atoms with Crippen LogP contribution in [0.3, 0.4) is 0 Å². The van der Waals surface area contributed by atoms with Crippen molar-refractivity contribution in [3.05, 3.63) is 35.4 Å². The predicted molar refractivity (Wildman–Crippen MR) is 106 cm³/mol. The molecule has 0 spiro atoms. The van der Waals surface area contributed by atoms with Gasteiger partial charge in [0, 0.05) is 38.6 Å². The van der Waals surface area contributed by atoms with Crippen LogP contribution in [0.2, 0.25) is 0 Å². The van der Waals surface area contributed by atoms with E-state index in [2.05, 4.69) is 51.7 Å². The molecule has 5 heteroatoms. The van der Waals surface area contributed by atoms with Crippen LogP contribution in [-0.4, -0.2) is 42.9 Å². The molecule has 2 N–H and O–H groups in total. The van der Waals surface area contributed by atoms with Gasteiger partial charge in [-0.15, -0.1) is 0 Å². The van der Waals surface area contributed by atoms with Crippen molar-refractivity contribution < 1.29 is 4.79 Å². The van der Waals surface area contributed by atoms with Gasteiger partial charge >= 0.3 is 0 Å². The summed E-state index contributed by atoms with van der Waals surface area (Å²) in [6.45, 7) is 4.51. The lowest BCUT2D eigenvalue weighted by molar-refractivity contribution is -0.135. The first-order chi connectivity index (χ1) is 12.7. The van der Waals surface area contributed by atoms with Crippen LogP contribution < -0.4 is 10.6 Å². The number of guanidine groups is 1. The molecule has 26 heavy (non-hydrogen) atoms. The van der Waals surface area contributed by atoms with Crippen LogP contribution in [0.4, 0.5) is 0 Å². The lowest BCUT2D eigenvalue weighted by Crippen LogP contribution is -2.45. The van der Waals surface area contributed by atoms with Crippen molar-refractivity contribution in [1.82, 2.24) is 15.5 Å². The highest BCUT2D eigenvalue weighted by molar-refractivity contribution is 5.81. The normalized spacial score (nSPS) is 21.7. The van der Waals surface area contributed by atoms with E-state index in [0.717, 1.165) is 44.9 Å². The summed E-state index contributed by atoms with van der Waals surface area (Å²) in [6.07, 6.45) is 6.85. The van der Waals surface area contributed by atoms with Crippen molar-refractivity contribution in [3.63, 3.8) is 0 Å². The maximum Gasteiger partial charge on any atom is 0.225 e. The van der Waals surface area contributed by atoms with Crippen molar-refractivity contribution in [2.75, 3.05) is 20.1 Å². The van der Waals surface area contributed by atoms with Gasteiger partial charge in [0.1, 0.15) is 0 Å². The van der Waals surface area contributed by atoms with Gasteiger partial charge in [0.2, 0.25) is 5.91 Å². The predicted octanol–water partition coefficient (Wildman–Crippen LogP) is 2.84. The number of carbonyl (C=O) groups excluding carboxylic acids is 1. The third-order valence-corrected chi connectivity index (χ3v) is 5.56. The lowest BCUT2D eigenvalue weighted by atomic mass is 9.88. The van der Waals surface area contributed by atoms with E-state index in [-0.39, 0.29) is 12.0 Å². The van der Waals surface area contributed by atoms with Gasteiger partial charge in [-0.05, 0) is 31.7 Å². The van der Waals surface area contributed by atoms with Crippen LogP contribution in [0.5, 0.6) is 0 Å². The number of nitrogens with one attached hydrogen (secondary N) is 2. The third kappa shape index (κ3) is 4.99. The highest BCUT2D eigenvalue weighted by Gasteiger charge is 2.31. The molecule has 0 aromatic heterocycles. The summed E-state index contributed by atoms with van der Waals surface area (Å²) in [7, 11) is 1.80. The van der Waals surface area contributed by atoms with E-state index in [4.69, 9.17) is 0 Å². The van der Waals surface area contributed by atoms with Crippen molar-refractivity contribution >= 4 is 11.9 Å². The molecule has 1 saturated carbocycles.